The van der Waals surface area contributed by atoms with Crippen LogP contribution in [0.25, 0.3) is 0 Å². The number of fused-ring (bicyclic) bond motifs is 1. The van der Waals surface area contributed by atoms with Gasteiger partial charge in [-0.3, -0.25) is 14.4 Å². The SMILES string of the molecule is Cc1cccc(C)c1NC(=O)C1N([C@H](CO)c2ccccc2)C(=O)[C@@H]2[C@H](C(=O)NCc3ccccc3)[C@@H]3CCC12S3. The molecule has 3 aromatic carbocycles. The van der Waals surface area contributed by atoms with Crippen molar-refractivity contribution in [3.63, 3.8) is 0 Å². The molecule has 6 rings (SSSR count). The van der Waals surface area contributed by atoms with Crippen molar-refractivity contribution in [2.45, 2.75) is 55.3 Å². The van der Waals surface area contributed by atoms with Crippen molar-refractivity contribution in [1.29, 1.82) is 0 Å². The van der Waals surface area contributed by atoms with E-state index in [9.17, 15) is 19.5 Å². The predicted octanol–water partition coefficient (Wildman–Crippen LogP) is 4.38. The van der Waals surface area contributed by atoms with Crippen molar-refractivity contribution in [3.8, 4) is 0 Å². The van der Waals surface area contributed by atoms with Gasteiger partial charge >= 0.3 is 0 Å². The number of hydrogen-bond donors (Lipinski definition) is 3. The molecule has 0 aliphatic carbocycles. The van der Waals surface area contributed by atoms with Gasteiger partial charge in [-0.05, 0) is 48.9 Å². The average molecular weight is 570 g/mol. The van der Waals surface area contributed by atoms with Crippen molar-refractivity contribution in [2.24, 2.45) is 11.8 Å². The van der Waals surface area contributed by atoms with Crippen LogP contribution in [0.2, 0.25) is 0 Å². The Morgan fingerprint density at radius 2 is 1.63 bits per heavy atom. The van der Waals surface area contributed by atoms with Crippen LogP contribution in [0.3, 0.4) is 0 Å². The summed E-state index contributed by atoms with van der Waals surface area (Å²) in [6.07, 6.45) is 1.42. The van der Waals surface area contributed by atoms with Gasteiger partial charge in [0.2, 0.25) is 17.7 Å². The molecule has 3 aromatic rings. The summed E-state index contributed by atoms with van der Waals surface area (Å²) in [5, 5.41) is 16.8. The Kier molecular flexibility index (Phi) is 7.38. The summed E-state index contributed by atoms with van der Waals surface area (Å²) >= 11 is 1.63. The van der Waals surface area contributed by atoms with E-state index in [1.165, 1.54) is 0 Å². The van der Waals surface area contributed by atoms with Gasteiger partial charge in [-0.25, -0.2) is 0 Å². The van der Waals surface area contributed by atoms with E-state index in [0.29, 0.717) is 13.0 Å². The standard InChI is InChI=1S/C33H35N3O4S/c1-20-10-9-11-21(2)28(20)35-31(39)29-33-17-16-25(41-33)26(30(38)34-18-22-12-5-3-6-13-22)27(33)32(40)36(29)24(19-37)23-14-7-4-8-15-23/h3-15,24-27,29,37H,16-19H2,1-2H3,(H,34,38)(H,35,39)/t24-,25+,26-,27+,29?,33?/m1/s1. The summed E-state index contributed by atoms with van der Waals surface area (Å²) in [6.45, 7) is 3.95. The number of anilines is 1. The van der Waals surface area contributed by atoms with Crippen LogP contribution in [0.15, 0.2) is 78.9 Å². The second-order valence-electron chi connectivity index (χ2n) is 11.4. The minimum absolute atomic E-state index is 0.0401. The van der Waals surface area contributed by atoms with Gasteiger partial charge in [0, 0.05) is 17.5 Å². The molecule has 7 nitrogen and oxygen atoms in total. The number of amides is 3. The number of likely N-dealkylation sites (tertiary alicyclic amines) is 1. The van der Waals surface area contributed by atoms with Crippen molar-refractivity contribution in [2.75, 3.05) is 11.9 Å². The number of benzene rings is 3. The molecule has 3 amide bonds. The zero-order valence-corrected chi connectivity index (χ0v) is 24.1. The third kappa shape index (κ3) is 4.63. The van der Waals surface area contributed by atoms with Crippen LogP contribution >= 0.6 is 11.8 Å². The Bertz CT molecular complexity index is 1450. The molecule has 3 heterocycles. The maximum Gasteiger partial charge on any atom is 0.248 e. The highest BCUT2D eigenvalue weighted by atomic mass is 32.2. The van der Waals surface area contributed by atoms with Crippen LogP contribution < -0.4 is 10.6 Å². The Hall–Kier alpha value is -3.62. The van der Waals surface area contributed by atoms with Crippen LogP contribution in [0.5, 0.6) is 0 Å². The zero-order valence-electron chi connectivity index (χ0n) is 23.2. The number of rotatable bonds is 8. The normalized spacial score (nSPS) is 27.0. The molecule has 3 saturated heterocycles. The molecule has 2 unspecified atom stereocenters. The molecular formula is C33H35N3O4S. The molecule has 212 valence electrons. The number of aliphatic hydroxyl groups is 1. The first kappa shape index (κ1) is 27.5. The second kappa shape index (κ2) is 11.0. The Morgan fingerprint density at radius 3 is 2.29 bits per heavy atom. The molecule has 3 N–H and O–H groups in total. The summed E-state index contributed by atoms with van der Waals surface area (Å²) in [7, 11) is 0. The van der Waals surface area contributed by atoms with Gasteiger partial charge in [-0.1, -0.05) is 78.9 Å². The third-order valence-electron chi connectivity index (χ3n) is 9.02. The Balaban J connectivity index is 1.38. The van der Waals surface area contributed by atoms with Crippen molar-refractivity contribution in [3.05, 3.63) is 101 Å². The van der Waals surface area contributed by atoms with Gasteiger partial charge in [-0.15, -0.1) is 11.8 Å². The minimum Gasteiger partial charge on any atom is -0.394 e. The average Bonchev–Trinajstić information content (AvgIpc) is 3.63. The van der Waals surface area contributed by atoms with E-state index in [0.717, 1.165) is 34.4 Å². The lowest BCUT2D eigenvalue weighted by Gasteiger charge is -2.37. The van der Waals surface area contributed by atoms with Gasteiger partial charge in [0.05, 0.1) is 29.2 Å². The maximum absolute atomic E-state index is 14.5. The number of nitrogens with zero attached hydrogens (tertiary/aromatic N) is 1. The van der Waals surface area contributed by atoms with E-state index in [1.54, 1.807) is 16.7 Å². The van der Waals surface area contributed by atoms with E-state index < -0.39 is 28.7 Å². The number of hydrogen-bond acceptors (Lipinski definition) is 5. The summed E-state index contributed by atoms with van der Waals surface area (Å²) in [5.74, 6) is -1.84. The quantitative estimate of drug-likeness (QED) is 0.374. The molecule has 3 aliphatic heterocycles. The van der Waals surface area contributed by atoms with Gasteiger partial charge in [0.15, 0.2) is 0 Å². The molecule has 3 fully saturated rings. The number of thioether (sulfide) groups is 1. The number of aryl methyl sites for hydroxylation is 2. The first-order valence-corrected chi connectivity index (χ1v) is 15.1. The number of nitrogens with one attached hydrogen (secondary N) is 2. The fourth-order valence-electron chi connectivity index (χ4n) is 7.16. The van der Waals surface area contributed by atoms with Crippen LogP contribution in [0, 0.1) is 25.7 Å². The van der Waals surface area contributed by atoms with E-state index in [1.807, 2.05) is 92.7 Å². The summed E-state index contributed by atoms with van der Waals surface area (Å²) in [4.78, 5) is 44.1. The third-order valence-corrected chi connectivity index (χ3v) is 11.0. The van der Waals surface area contributed by atoms with E-state index in [2.05, 4.69) is 10.6 Å². The molecule has 0 saturated carbocycles. The van der Waals surface area contributed by atoms with Crippen molar-refractivity contribution >= 4 is 35.2 Å². The van der Waals surface area contributed by atoms with Crippen LogP contribution in [-0.4, -0.2) is 50.4 Å². The predicted molar refractivity (Wildman–Crippen MR) is 160 cm³/mol. The minimum atomic E-state index is -0.835. The summed E-state index contributed by atoms with van der Waals surface area (Å²) in [5.41, 5.74) is 4.35. The number of carbonyl (C=O) groups excluding carboxylic acids is 3. The first-order chi connectivity index (χ1) is 19.9. The molecule has 3 aliphatic rings. The van der Waals surface area contributed by atoms with Gasteiger partial charge in [0.1, 0.15) is 6.04 Å². The lowest BCUT2D eigenvalue weighted by molar-refractivity contribution is -0.142. The monoisotopic (exact) mass is 569 g/mol. The van der Waals surface area contributed by atoms with Gasteiger partial charge in [0.25, 0.3) is 0 Å². The number of carbonyl (C=O) groups is 3. The van der Waals surface area contributed by atoms with Crippen molar-refractivity contribution < 1.29 is 19.5 Å². The largest absolute Gasteiger partial charge is 0.394 e. The number of para-hydroxylation sites is 1. The van der Waals surface area contributed by atoms with Crippen LogP contribution in [-0.2, 0) is 20.9 Å². The fourth-order valence-corrected chi connectivity index (χ4v) is 9.37. The zero-order chi connectivity index (χ0) is 28.7. The van der Waals surface area contributed by atoms with Gasteiger partial charge < -0.3 is 20.6 Å². The van der Waals surface area contributed by atoms with Gasteiger partial charge in [-0.2, -0.15) is 0 Å². The highest BCUT2D eigenvalue weighted by molar-refractivity contribution is 8.02. The topological polar surface area (TPSA) is 98.7 Å². The highest BCUT2D eigenvalue weighted by Crippen LogP contribution is 2.67. The van der Waals surface area contributed by atoms with E-state index in [4.69, 9.17) is 0 Å². The van der Waals surface area contributed by atoms with E-state index in [-0.39, 0.29) is 29.6 Å². The summed E-state index contributed by atoms with van der Waals surface area (Å²) in [6, 6.07) is 23.4. The maximum atomic E-state index is 14.5. The lowest BCUT2D eigenvalue weighted by Crippen LogP contribution is -2.52. The first-order valence-electron chi connectivity index (χ1n) is 14.2. The molecule has 0 aromatic heterocycles. The molecular weight excluding hydrogens is 534 g/mol. The fraction of sp³-hybridized carbons (Fsp3) is 0.364. The Labute approximate surface area is 244 Å². The Morgan fingerprint density at radius 1 is 0.976 bits per heavy atom. The second-order valence-corrected chi connectivity index (χ2v) is 13.0. The highest BCUT2D eigenvalue weighted by Gasteiger charge is 2.74. The molecule has 6 atom stereocenters. The molecule has 41 heavy (non-hydrogen) atoms. The molecule has 8 heteroatoms. The van der Waals surface area contributed by atoms with Crippen molar-refractivity contribution in [1.82, 2.24) is 10.2 Å². The summed E-state index contributed by atoms with van der Waals surface area (Å²) < 4.78 is -0.751. The molecule has 0 radical (unpaired) electrons. The molecule has 2 bridgehead atoms. The van der Waals surface area contributed by atoms with E-state index >= 15 is 0 Å². The smallest absolute Gasteiger partial charge is 0.248 e. The van der Waals surface area contributed by atoms with Crippen LogP contribution in [0.1, 0.15) is 41.1 Å². The molecule has 1 spiro atoms. The number of aliphatic hydroxyl groups excluding tert-OH is 1. The lowest BCUT2D eigenvalue weighted by atomic mass is 9.70. The van der Waals surface area contributed by atoms with Crippen LogP contribution in [0.4, 0.5) is 5.69 Å².